The average Bonchev–Trinajstić information content (AvgIpc) is 2.94. The number of halogens is 3. The number of rotatable bonds is 2. The lowest BCUT2D eigenvalue weighted by molar-refractivity contribution is -0.137. The van der Waals surface area contributed by atoms with Crippen molar-refractivity contribution in [3.8, 4) is 0 Å². The van der Waals surface area contributed by atoms with Gasteiger partial charge in [-0.25, -0.2) is 0 Å². The topological polar surface area (TPSA) is 40.6 Å². The summed E-state index contributed by atoms with van der Waals surface area (Å²) < 4.78 is 39.5. The smallest absolute Gasteiger partial charge is 0.336 e. The van der Waals surface area contributed by atoms with Gasteiger partial charge >= 0.3 is 6.18 Å². The first-order valence-corrected chi connectivity index (χ1v) is 10.2. The minimum atomic E-state index is -4.49. The number of para-hydroxylation sites is 1. The van der Waals surface area contributed by atoms with Gasteiger partial charge in [-0.2, -0.15) is 13.2 Å². The van der Waals surface area contributed by atoms with Gasteiger partial charge in [0.2, 0.25) is 11.8 Å². The van der Waals surface area contributed by atoms with Gasteiger partial charge in [0.1, 0.15) is 0 Å². The molecule has 2 aromatic rings. The zero-order valence-corrected chi connectivity index (χ0v) is 17.3. The predicted octanol–water partition coefficient (Wildman–Crippen LogP) is 4.64. The maximum absolute atomic E-state index is 13.2. The highest BCUT2D eigenvalue weighted by atomic mass is 19.4. The molecule has 0 bridgehead atoms. The molecule has 4 rings (SSSR count). The van der Waals surface area contributed by atoms with Crippen LogP contribution in [0.1, 0.15) is 36.5 Å². The first kappa shape index (κ1) is 21.2. The van der Waals surface area contributed by atoms with Gasteiger partial charge in [0.25, 0.3) is 0 Å². The number of amides is 2. The van der Waals surface area contributed by atoms with E-state index in [4.69, 9.17) is 0 Å². The van der Waals surface area contributed by atoms with Crippen molar-refractivity contribution in [2.24, 2.45) is 0 Å². The Morgan fingerprint density at radius 1 is 1.13 bits per heavy atom. The van der Waals surface area contributed by atoms with Crippen LogP contribution in [0.3, 0.4) is 0 Å². The molecule has 0 saturated carbocycles. The van der Waals surface area contributed by atoms with Crippen LogP contribution in [-0.4, -0.2) is 36.3 Å². The number of alkyl halides is 3. The molecule has 2 heterocycles. The minimum Gasteiger partial charge on any atom is -0.336 e. The third kappa shape index (κ3) is 3.52. The summed E-state index contributed by atoms with van der Waals surface area (Å²) in [7, 11) is 1.76. The van der Waals surface area contributed by atoms with Crippen LogP contribution in [0.4, 0.5) is 18.9 Å². The first-order valence-electron chi connectivity index (χ1n) is 10.2. The van der Waals surface area contributed by atoms with Crippen LogP contribution >= 0.6 is 0 Å². The molecule has 31 heavy (non-hydrogen) atoms. The zero-order valence-electron chi connectivity index (χ0n) is 17.3. The quantitative estimate of drug-likeness (QED) is 0.654. The van der Waals surface area contributed by atoms with Crippen molar-refractivity contribution in [3.05, 3.63) is 71.3 Å². The van der Waals surface area contributed by atoms with Gasteiger partial charge in [-0.05, 0) is 49.1 Å². The number of hydrogen-bond donors (Lipinski definition) is 0. The minimum absolute atomic E-state index is 0.0299. The summed E-state index contributed by atoms with van der Waals surface area (Å²) in [5.41, 5.74) is 0.389. The van der Waals surface area contributed by atoms with Crippen molar-refractivity contribution in [3.63, 3.8) is 0 Å². The van der Waals surface area contributed by atoms with Crippen LogP contribution in [0.5, 0.6) is 0 Å². The molecule has 4 nitrogen and oxygen atoms in total. The Morgan fingerprint density at radius 2 is 1.81 bits per heavy atom. The fourth-order valence-corrected chi connectivity index (χ4v) is 4.89. The van der Waals surface area contributed by atoms with Gasteiger partial charge in [0.05, 0.1) is 11.0 Å². The molecule has 2 aliphatic heterocycles. The molecule has 1 spiro atoms. The molecule has 0 aliphatic carbocycles. The second kappa shape index (κ2) is 7.55. The molecule has 7 heteroatoms. The third-order valence-electron chi connectivity index (χ3n) is 6.41. The van der Waals surface area contributed by atoms with Crippen molar-refractivity contribution in [2.45, 2.75) is 37.4 Å². The monoisotopic (exact) mass is 428 g/mol. The predicted molar refractivity (Wildman–Crippen MR) is 112 cm³/mol. The Hall–Kier alpha value is -3.09. The fraction of sp³-hybridized carbons (Fsp3) is 0.333. The van der Waals surface area contributed by atoms with E-state index in [1.807, 2.05) is 31.2 Å². The molecule has 2 amide bonds. The number of anilines is 1. The average molecular weight is 428 g/mol. The number of carbonyl (C=O) groups is 2. The van der Waals surface area contributed by atoms with Gasteiger partial charge in [-0.3, -0.25) is 9.59 Å². The van der Waals surface area contributed by atoms with Gasteiger partial charge in [-0.15, -0.1) is 0 Å². The lowest BCUT2D eigenvalue weighted by Crippen LogP contribution is -2.53. The van der Waals surface area contributed by atoms with Crippen LogP contribution < -0.4 is 4.90 Å². The standard InChI is InChI=1S/C24H23F3N2O2/c1-16-15-23(19-9-5-6-10-20(19)28(2)22(23)31)13-14-29(16)21(30)12-11-17-7-3-4-8-18(17)24(25,26)27/h3-12,16H,13-15H2,1-2H3/b12-11+. The van der Waals surface area contributed by atoms with Crippen LogP contribution in [-0.2, 0) is 21.2 Å². The van der Waals surface area contributed by atoms with Crippen molar-refractivity contribution >= 4 is 23.6 Å². The van der Waals surface area contributed by atoms with Gasteiger partial charge in [-0.1, -0.05) is 36.4 Å². The number of fused-ring (bicyclic) bond motifs is 2. The maximum Gasteiger partial charge on any atom is 0.416 e. The Kier molecular flexibility index (Phi) is 5.15. The second-order valence-corrected chi connectivity index (χ2v) is 8.22. The fourth-order valence-electron chi connectivity index (χ4n) is 4.89. The lowest BCUT2D eigenvalue weighted by atomic mass is 9.71. The van der Waals surface area contributed by atoms with Gasteiger partial charge < -0.3 is 9.80 Å². The highest BCUT2D eigenvalue weighted by Gasteiger charge is 2.52. The summed E-state index contributed by atoms with van der Waals surface area (Å²) >= 11 is 0. The number of nitrogens with zero attached hydrogens (tertiary/aromatic N) is 2. The van der Waals surface area contributed by atoms with E-state index in [1.54, 1.807) is 16.8 Å². The number of carbonyl (C=O) groups excluding carboxylic acids is 2. The molecular formula is C24H23F3N2O2. The number of piperidine rings is 1. The van der Waals surface area contributed by atoms with E-state index in [-0.39, 0.29) is 23.4 Å². The van der Waals surface area contributed by atoms with Crippen molar-refractivity contribution in [2.75, 3.05) is 18.5 Å². The first-order chi connectivity index (χ1) is 14.6. The molecule has 2 atom stereocenters. The molecule has 2 unspecified atom stereocenters. The molecule has 0 radical (unpaired) electrons. The Balaban J connectivity index is 1.54. The molecule has 0 N–H and O–H groups in total. The molecule has 2 aromatic carbocycles. The van der Waals surface area contributed by atoms with Gasteiger partial charge in [0.15, 0.2) is 0 Å². The molecule has 1 fully saturated rings. The van der Waals surface area contributed by atoms with E-state index in [0.717, 1.165) is 17.3 Å². The van der Waals surface area contributed by atoms with Crippen molar-refractivity contribution in [1.82, 2.24) is 4.90 Å². The normalized spacial score (nSPS) is 23.6. The van der Waals surface area contributed by atoms with Crippen LogP contribution in [0.25, 0.3) is 6.08 Å². The summed E-state index contributed by atoms with van der Waals surface area (Å²) in [5.74, 6) is -0.325. The summed E-state index contributed by atoms with van der Waals surface area (Å²) in [6.45, 7) is 2.24. The van der Waals surface area contributed by atoms with Crippen LogP contribution in [0.15, 0.2) is 54.6 Å². The largest absolute Gasteiger partial charge is 0.416 e. The Morgan fingerprint density at radius 3 is 2.52 bits per heavy atom. The van der Waals surface area contributed by atoms with E-state index >= 15 is 0 Å². The molecular weight excluding hydrogens is 405 g/mol. The lowest BCUT2D eigenvalue weighted by Gasteiger charge is -2.42. The van der Waals surface area contributed by atoms with E-state index < -0.39 is 17.2 Å². The molecule has 0 aromatic heterocycles. The molecule has 1 saturated heterocycles. The maximum atomic E-state index is 13.2. The summed E-state index contributed by atoms with van der Waals surface area (Å²) in [6, 6.07) is 12.6. The van der Waals surface area contributed by atoms with Crippen LogP contribution in [0.2, 0.25) is 0 Å². The van der Waals surface area contributed by atoms with Crippen molar-refractivity contribution < 1.29 is 22.8 Å². The van der Waals surface area contributed by atoms with Crippen molar-refractivity contribution in [1.29, 1.82) is 0 Å². The zero-order chi connectivity index (χ0) is 22.4. The van der Waals surface area contributed by atoms with Gasteiger partial charge in [0, 0.05) is 31.4 Å². The number of hydrogen-bond acceptors (Lipinski definition) is 2. The Bertz CT molecular complexity index is 1060. The van der Waals surface area contributed by atoms with E-state index in [2.05, 4.69) is 0 Å². The van der Waals surface area contributed by atoms with E-state index in [9.17, 15) is 22.8 Å². The van der Waals surface area contributed by atoms with E-state index in [1.165, 1.54) is 30.4 Å². The summed E-state index contributed by atoms with van der Waals surface area (Å²) in [4.78, 5) is 29.2. The van der Waals surface area contributed by atoms with Crippen LogP contribution in [0, 0.1) is 0 Å². The SMILES string of the molecule is CC1CC2(CCN1C(=O)/C=C/c1ccccc1C(F)(F)F)C(=O)N(C)c1ccccc12. The number of likely N-dealkylation sites (N-methyl/N-ethyl adjacent to an activating group) is 1. The van der Waals surface area contributed by atoms with E-state index in [0.29, 0.717) is 19.4 Å². The highest BCUT2D eigenvalue weighted by molar-refractivity contribution is 6.08. The Labute approximate surface area is 179 Å². The summed E-state index contributed by atoms with van der Waals surface area (Å²) in [6.07, 6.45) is -1.12. The molecule has 162 valence electrons. The third-order valence-corrected chi connectivity index (χ3v) is 6.41. The summed E-state index contributed by atoms with van der Waals surface area (Å²) in [5, 5.41) is 0. The highest BCUT2D eigenvalue weighted by Crippen LogP contribution is 2.48. The number of benzene rings is 2. The second-order valence-electron chi connectivity index (χ2n) is 8.22. The number of likely N-dealkylation sites (tertiary alicyclic amines) is 1. The molecule has 2 aliphatic rings.